The number of nitrogens with zero attached hydrogens (tertiary/aromatic N) is 1. The molecule has 3 rings (SSSR count). The van der Waals surface area contributed by atoms with Gasteiger partial charge in [-0.1, -0.05) is 12.1 Å². The third kappa shape index (κ3) is 2.71. The standard InChI is InChI=1S/C15H14FN3O2/c16-11-4-5-15(19(20)21)14(8-11)18-13-3-1-2-10-9-17-7-6-12(10)13/h1-5,8,17-18H,6-7,9H2. The van der Waals surface area contributed by atoms with Crippen molar-refractivity contribution in [2.75, 3.05) is 11.9 Å². The molecule has 0 saturated carbocycles. The maximum atomic E-state index is 13.4. The van der Waals surface area contributed by atoms with E-state index in [4.69, 9.17) is 0 Å². The molecule has 0 bridgehead atoms. The Balaban J connectivity index is 2.01. The number of fused-ring (bicyclic) bond motifs is 1. The number of rotatable bonds is 3. The van der Waals surface area contributed by atoms with Crippen molar-refractivity contribution >= 4 is 17.1 Å². The van der Waals surface area contributed by atoms with Crippen molar-refractivity contribution in [2.45, 2.75) is 13.0 Å². The van der Waals surface area contributed by atoms with Gasteiger partial charge in [0, 0.05) is 24.4 Å². The van der Waals surface area contributed by atoms with E-state index in [1.54, 1.807) is 0 Å². The van der Waals surface area contributed by atoms with Crippen LogP contribution in [0.15, 0.2) is 36.4 Å². The molecule has 0 atom stereocenters. The number of nitrogens with one attached hydrogen (secondary N) is 2. The third-order valence-electron chi connectivity index (χ3n) is 3.56. The molecule has 2 aromatic rings. The molecule has 0 unspecified atom stereocenters. The quantitative estimate of drug-likeness (QED) is 0.672. The summed E-state index contributed by atoms with van der Waals surface area (Å²) >= 11 is 0. The summed E-state index contributed by atoms with van der Waals surface area (Å²) in [4.78, 5) is 10.5. The first-order chi connectivity index (χ1) is 10.1. The molecule has 0 saturated heterocycles. The molecule has 21 heavy (non-hydrogen) atoms. The molecule has 0 spiro atoms. The van der Waals surface area contributed by atoms with Gasteiger partial charge in [0.25, 0.3) is 5.69 Å². The van der Waals surface area contributed by atoms with E-state index < -0.39 is 10.7 Å². The molecule has 1 aliphatic heterocycles. The van der Waals surface area contributed by atoms with E-state index in [9.17, 15) is 14.5 Å². The number of nitro groups is 1. The zero-order valence-electron chi connectivity index (χ0n) is 11.2. The number of halogens is 1. The Morgan fingerprint density at radius 1 is 1.24 bits per heavy atom. The lowest BCUT2D eigenvalue weighted by Gasteiger charge is -2.21. The Labute approximate surface area is 120 Å². The number of hydrogen-bond acceptors (Lipinski definition) is 4. The largest absolute Gasteiger partial charge is 0.350 e. The van der Waals surface area contributed by atoms with Crippen LogP contribution in [0.1, 0.15) is 11.1 Å². The maximum absolute atomic E-state index is 13.4. The van der Waals surface area contributed by atoms with Crippen LogP contribution in [-0.4, -0.2) is 11.5 Å². The zero-order valence-corrected chi connectivity index (χ0v) is 11.2. The molecule has 108 valence electrons. The van der Waals surface area contributed by atoms with Crippen molar-refractivity contribution in [3.8, 4) is 0 Å². The van der Waals surface area contributed by atoms with Gasteiger partial charge in [0.05, 0.1) is 4.92 Å². The summed E-state index contributed by atoms with van der Waals surface area (Å²) < 4.78 is 13.4. The molecule has 1 heterocycles. The molecule has 0 aromatic heterocycles. The molecule has 0 aliphatic carbocycles. The Hall–Kier alpha value is -2.47. The minimum atomic E-state index is -0.515. The molecule has 0 fully saturated rings. The molecular weight excluding hydrogens is 273 g/mol. The Morgan fingerprint density at radius 2 is 2.10 bits per heavy atom. The van der Waals surface area contributed by atoms with E-state index in [1.807, 2.05) is 18.2 Å². The number of benzene rings is 2. The summed E-state index contributed by atoms with van der Waals surface area (Å²) in [6, 6.07) is 9.19. The summed E-state index contributed by atoms with van der Waals surface area (Å²) in [5.41, 5.74) is 3.11. The number of hydrogen-bond donors (Lipinski definition) is 2. The second-order valence-corrected chi connectivity index (χ2v) is 4.91. The highest BCUT2D eigenvalue weighted by Crippen LogP contribution is 2.31. The predicted octanol–water partition coefficient (Wildman–Crippen LogP) is 3.12. The first-order valence-corrected chi connectivity index (χ1v) is 6.67. The van der Waals surface area contributed by atoms with Gasteiger partial charge in [0.15, 0.2) is 0 Å². The fourth-order valence-corrected chi connectivity index (χ4v) is 2.56. The lowest BCUT2D eigenvalue weighted by Crippen LogP contribution is -2.24. The van der Waals surface area contributed by atoms with Gasteiger partial charge in [-0.3, -0.25) is 10.1 Å². The zero-order chi connectivity index (χ0) is 14.8. The monoisotopic (exact) mass is 287 g/mol. The normalized spacial score (nSPS) is 13.6. The van der Waals surface area contributed by atoms with Crippen molar-refractivity contribution < 1.29 is 9.31 Å². The average Bonchev–Trinajstić information content (AvgIpc) is 2.47. The fraction of sp³-hybridized carbons (Fsp3) is 0.200. The molecule has 6 heteroatoms. The van der Waals surface area contributed by atoms with Crippen LogP contribution >= 0.6 is 0 Å². The van der Waals surface area contributed by atoms with Crippen LogP contribution in [0.5, 0.6) is 0 Å². The van der Waals surface area contributed by atoms with Crippen LogP contribution in [0, 0.1) is 15.9 Å². The molecule has 5 nitrogen and oxygen atoms in total. The molecule has 2 N–H and O–H groups in total. The molecule has 1 aliphatic rings. The Morgan fingerprint density at radius 3 is 2.90 bits per heavy atom. The summed E-state index contributed by atoms with van der Waals surface area (Å²) in [7, 11) is 0. The van der Waals surface area contributed by atoms with Crippen LogP contribution in [-0.2, 0) is 13.0 Å². The highest BCUT2D eigenvalue weighted by molar-refractivity contribution is 5.72. The van der Waals surface area contributed by atoms with E-state index in [-0.39, 0.29) is 11.4 Å². The van der Waals surface area contributed by atoms with Gasteiger partial charge in [-0.2, -0.15) is 0 Å². The van der Waals surface area contributed by atoms with Gasteiger partial charge in [0.2, 0.25) is 0 Å². The summed E-state index contributed by atoms with van der Waals surface area (Å²) in [6.07, 6.45) is 0.835. The van der Waals surface area contributed by atoms with Crippen molar-refractivity contribution in [3.63, 3.8) is 0 Å². The van der Waals surface area contributed by atoms with Crippen LogP contribution in [0.3, 0.4) is 0 Å². The minimum Gasteiger partial charge on any atom is -0.350 e. The SMILES string of the molecule is O=[N+]([O-])c1ccc(F)cc1Nc1cccc2c1CCNC2. The van der Waals surface area contributed by atoms with Gasteiger partial charge in [0.1, 0.15) is 11.5 Å². The third-order valence-corrected chi connectivity index (χ3v) is 3.56. The smallest absolute Gasteiger partial charge is 0.292 e. The van der Waals surface area contributed by atoms with Crippen LogP contribution in [0.25, 0.3) is 0 Å². The van der Waals surface area contributed by atoms with E-state index >= 15 is 0 Å². The topological polar surface area (TPSA) is 67.2 Å². The fourth-order valence-electron chi connectivity index (χ4n) is 2.56. The number of nitro benzene ring substituents is 1. The van der Waals surface area contributed by atoms with Gasteiger partial charge in [-0.05, 0) is 36.2 Å². The molecular formula is C15H14FN3O2. The molecule has 0 amide bonds. The van der Waals surface area contributed by atoms with Gasteiger partial charge < -0.3 is 10.6 Å². The van der Waals surface area contributed by atoms with E-state index in [0.717, 1.165) is 48.5 Å². The average molecular weight is 287 g/mol. The highest BCUT2D eigenvalue weighted by atomic mass is 19.1. The minimum absolute atomic E-state index is 0.136. The van der Waals surface area contributed by atoms with Gasteiger partial charge in [-0.25, -0.2) is 4.39 Å². The van der Waals surface area contributed by atoms with Gasteiger partial charge >= 0.3 is 0 Å². The van der Waals surface area contributed by atoms with Crippen molar-refractivity contribution in [2.24, 2.45) is 0 Å². The van der Waals surface area contributed by atoms with Crippen molar-refractivity contribution in [1.29, 1.82) is 0 Å². The summed E-state index contributed by atoms with van der Waals surface area (Å²) in [5, 5.41) is 17.3. The van der Waals surface area contributed by atoms with Crippen LogP contribution in [0.4, 0.5) is 21.5 Å². The lowest BCUT2D eigenvalue weighted by atomic mass is 9.99. The Kier molecular flexibility index (Phi) is 3.53. The molecule has 2 aromatic carbocycles. The van der Waals surface area contributed by atoms with Gasteiger partial charge in [-0.15, -0.1) is 0 Å². The number of anilines is 2. The molecule has 0 radical (unpaired) electrons. The predicted molar refractivity (Wildman–Crippen MR) is 78.2 cm³/mol. The first-order valence-electron chi connectivity index (χ1n) is 6.67. The Bertz CT molecular complexity index is 703. The highest BCUT2D eigenvalue weighted by Gasteiger charge is 2.17. The van der Waals surface area contributed by atoms with Crippen molar-refractivity contribution in [1.82, 2.24) is 5.32 Å². The summed E-state index contributed by atoms with van der Waals surface area (Å²) in [6.45, 7) is 1.63. The summed E-state index contributed by atoms with van der Waals surface area (Å²) in [5.74, 6) is -0.505. The van der Waals surface area contributed by atoms with Crippen LogP contribution < -0.4 is 10.6 Å². The first kappa shape index (κ1) is 13.5. The second-order valence-electron chi connectivity index (χ2n) is 4.91. The second kappa shape index (κ2) is 5.49. The van der Waals surface area contributed by atoms with Crippen LogP contribution in [0.2, 0.25) is 0 Å². The van der Waals surface area contributed by atoms with E-state index in [2.05, 4.69) is 10.6 Å². The van der Waals surface area contributed by atoms with E-state index in [0.29, 0.717) is 0 Å². The van der Waals surface area contributed by atoms with Crippen molar-refractivity contribution in [3.05, 3.63) is 63.5 Å². The van der Waals surface area contributed by atoms with E-state index in [1.165, 1.54) is 6.07 Å². The lowest BCUT2D eigenvalue weighted by molar-refractivity contribution is -0.384. The maximum Gasteiger partial charge on any atom is 0.292 e.